The first-order valence-electron chi connectivity index (χ1n) is 9.97. The lowest BCUT2D eigenvalue weighted by molar-refractivity contribution is -0.115. The number of hydrogen-bond donors (Lipinski definition) is 2. The van der Waals surface area contributed by atoms with Gasteiger partial charge in [-0.2, -0.15) is 0 Å². The van der Waals surface area contributed by atoms with Gasteiger partial charge in [0.2, 0.25) is 5.91 Å². The molecule has 148 valence electrons. The first-order valence-corrected chi connectivity index (χ1v) is 9.97. The molecule has 1 amide bonds. The van der Waals surface area contributed by atoms with Gasteiger partial charge in [-0.1, -0.05) is 29.8 Å². The molecule has 0 radical (unpaired) electrons. The SMILES string of the molecule is Cc1cccc(CC(=O)Nc2ccc(Nc3ccc(N4CCCC4)cc3)nn2)c1. The first-order chi connectivity index (χ1) is 14.2. The number of hydrogen-bond acceptors (Lipinski definition) is 5. The fourth-order valence-corrected chi connectivity index (χ4v) is 3.54. The van der Waals surface area contributed by atoms with E-state index in [1.54, 1.807) is 6.07 Å². The summed E-state index contributed by atoms with van der Waals surface area (Å²) < 4.78 is 0. The third kappa shape index (κ3) is 5.10. The molecule has 1 saturated heterocycles. The quantitative estimate of drug-likeness (QED) is 0.660. The van der Waals surface area contributed by atoms with Gasteiger partial charge >= 0.3 is 0 Å². The van der Waals surface area contributed by atoms with Gasteiger partial charge in [0.05, 0.1) is 6.42 Å². The Bertz CT molecular complexity index is 963. The van der Waals surface area contributed by atoms with Gasteiger partial charge in [-0.25, -0.2) is 0 Å². The third-order valence-corrected chi connectivity index (χ3v) is 4.99. The van der Waals surface area contributed by atoms with Crippen LogP contribution in [-0.2, 0) is 11.2 Å². The maximum Gasteiger partial charge on any atom is 0.229 e. The van der Waals surface area contributed by atoms with Crippen molar-refractivity contribution in [3.8, 4) is 0 Å². The Balaban J connectivity index is 1.32. The first kappa shape index (κ1) is 18.9. The summed E-state index contributed by atoms with van der Waals surface area (Å²) in [4.78, 5) is 14.6. The highest BCUT2D eigenvalue weighted by atomic mass is 16.1. The number of carbonyl (C=O) groups is 1. The van der Waals surface area contributed by atoms with E-state index in [2.05, 4.69) is 37.9 Å². The minimum Gasteiger partial charge on any atom is -0.372 e. The average Bonchev–Trinajstić information content (AvgIpc) is 3.25. The summed E-state index contributed by atoms with van der Waals surface area (Å²) in [6.07, 6.45) is 2.85. The van der Waals surface area contributed by atoms with Crippen LogP contribution in [0.4, 0.5) is 23.0 Å². The molecule has 0 spiro atoms. The highest BCUT2D eigenvalue weighted by Gasteiger charge is 2.12. The zero-order valence-electron chi connectivity index (χ0n) is 16.6. The molecule has 0 atom stereocenters. The van der Waals surface area contributed by atoms with Crippen LogP contribution in [0.25, 0.3) is 0 Å². The number of aryl methyl sites for hydroxylation is 1. The number of anilines is 4. The summed E-state index contributed by atoms with van der Waals surface area (Å²) in [5, 5.41) is 14.3. The summed E-state index contributed by atoms with van der Waals surface area (Å²) in [5.41, 5.74) is 4.33. The van der Waals surface area contributed by atoms with Crippen molar-refractivity contribution in [2.24, 2.45) is 0 Å². The molecule has 1 fully saturated rings. The molecule has 0 saturated carbocycles. The molecule has 29 heavy (non-hydrogen) atoms. The van der Waals surface area contributed by atoms with Crippen molar-refractivity contribution < 1.29 is 4.79 Å². The standard InChI is InChI=1S/C23H25N5O/c1-17-5-4-6-18(15-17)16-23(29)25-22-12-11-21(26-27-22)24-19-7-9-20(10-8-19)28-13-2-3-14-28/h4-12,15H,2-3,13-14,16H2,1H3,(H,24,26)(H,25,27,29). The number of nitrogens with one attached hydrogen (secondary N) is 2. The van der Waals surface area contributed by atoms with Crippen LogP contribution >= 0.6 is 0 Å². The van der Waals surface area contributed by atoms with Crippen LogP contribution in [0.2, 0.25) is 0 Å². The van der Waals surface area contributed by atoms with E-state index in [1.165, 1.54) is 18.5 Å². The number of benzene rings is 2. The number of rotatable bonds is 6. The summed E-state index contributed by atoms with van der Waals surface area (Å²) in [5.74, 6) is 0.969. The molecule has 0 bridgehead atoms. The Kier molecular flexibility index (Phi) is 5.70. The number of nitrogens with zero attached hydrogens (tertiary/aromatic N) is 3. The van der Waals surface area contributed by atoms with Crippen LogP contribution in [0.5, 0.6) is 0 Å². The Hall–Kier alpha value is -3.41. The monoisotopic (exact) mass is 387 g/mol. The minimum absolute atomic E-state index is 0.108. The van der Waals surface area contributed by atoms with Crippen LogP contribution < -0.4 is 15.5 Å². The number of aromatic nitrogens is 2. The van der Waals surface area contributed by atoms with Gasteiger partial charge in [0.1, 0.15) is 0 Å². The van der Waals surface area contributed by atoms with Gasteiger partial charge in [0, 0.05) is 24.5 Å². The predicted octanol–water partition coefficient (Wildman–Crippen LogP) is 4.31. The largest absolute Gasteiger partial charge is 0.372 e. The van der Waals surface area contributed by atoms with E-state index in [0.29, 0.717) is 18.1 Å². The van der Waals surface area contributed by atoms with E-state index >= 15 is 0 Å². The van der Waals surface area contributed by atoms with E-state index in [-0.39, 0.29) is 5.91 Å². The molecular formula is C23H25N5O. The maximum absolute atomic E-state index is 12.2. The Morgan fingerprint density at radius 3 is 2.38 bits per heavy atom. The van der Waals surface area contributed by atoms with Crippen molar-refractivity contribution in [3.05, 3.63) is 71.8 Å². The van der Waals surface area contributed by atoms with Crippen LogP contribution in [0, 0.1) is 6.92 Å². The minimum atomic E-state index is -0.108. The molecule has 4 rings (SSSR count). The van der Waals surface area contributed by atoms with Crippen LogP contribution in [0.1, 0.15) is 24.0 Å². The van der Waals surface area contributed by atoms with Gasteiger partial charge in [-0.05, 0) is 61.7 Å². The lowest BCUT2D eigenvalue weighted by Crippen LogP contribution is -2.17. The van der Waals surface area contributed by atoms with Gasteiger partial charge < -0.3 is 15.5 Å². The topological polar surface area (TPSA) is 70.2 Å². The second kappa shape index (κ2) is 8.73. The Morgan fingerprint density at radius 2 is 1.69 bits per heavy atom. The summed E-state index contributed by atoms with van der Waals surface area (Å²) in [6, 6.07) is 19.8. The molecule has 1 aliphatic rings. The second-order valence-corrected chi connectivity index (χ2v) is 7.38. The van der Waals surface area contributed by atoms with Crippen molar-refractivity contribution in [1.82, 2.24) is 10.2 Å². The maximum atomic E-state index is 12.2. The lowest BCUT2D eigenvalue weighted by atomic mass is 10.1. The van der Waals surface area contributed by atoms with Crippen molar-refractivity contribution in [2.45, 2.75) is 26.2 Å². The molecule has 2 N–H and O–H groups in total. The molecule has 2 heterocycles. The highest BCUT2D eigenvalue weighted by Crippen LogP contribution is 2.23. The van der Waals surface area contributed by atoms with Crippen molar-refractivity contribution in [3.63, 3.8) is 0 Å². The molecule has 1 aliphatic heterocycles. The second-order valence-electron chi connectivity index (χ2n) is 7.38. The van der Waals surface area contributed by atoms with Gasteiger partial charge in [0.25, 0.3) is 0 Å². The number of amides is 1. The van der Waals surface area contributed by atoms with E-state index in [1.807, 2.05) is 49.4 Å². The Morgan fingerprint density at radius 1 is 0.966 bits per heavy atom. The molecule has 6 nitrogen and oxygen atoms in total. The van der Waals surface area contributed by atoms with Gasteiger partial charge in [0.15, 0.2) is 11.6 Å². The van der Waals surface area contributed by atoms with E-state index in [4.69, 9.17) is 0 Å². The Labute approximate surface area is 171 Å². The van der Waals surface area contributed by atoms with Gasteiger partial charge in [-0.3, -0.25) is 4.79 Å². The summed E-state index contributed by atoms with van der Waals surface area (Å²) in [6.45, 7) is 4.28. The molecule has 3 aromatic rings. The lowest BCUT2D eigenvalue weighted by Gasteiger charge is -2.17. The van der Waals surface area contributed by atoms with Crippen molar-refractivity contribution in [2.75, 3.05) is 28.6 Å². The van der Waals surface area contributed by atoms with Crippen LogP contribution in [0.3, 0.4) is 0 Å². The molecule has 0 unspecified atom stereocenters. The molecular weight excluding hydrogens is 362 g/mol. The van der Waals surface area contributed by atoms with Crippen molar-refractivity contribution >= 4 is 28.9 Å². The zero-order valence-corrected chi connectivity index (χ0v) is 16.6. The third-order valence-electron chi connectivity index (χ3n) is 4.99. The highest BCUT2D eigenvalue weighted by molar-refractivity contribution is 5.91. The zero-order chi connectivity index (χ0) is 20.1. The fraction of sp³-hybridized carbons (Fsp3) is 0.261. The van der Waals surface area contributed by atoms with Gasteiger partial charge in [-0.15, -0.1) is 10.2 Å². The molecule has 2 aromatic carbocycles. The average molecular weight is 387 g/mol. The fourth-order valence-electron chi connectivity index (χ4n) is 3.54. The molecule has 0 aliphatic carbocycles. The summed E-state index contributed by atoms with van der Waals surface area (Å²) in [7, 11) is 0. The smallest absolute Gasteiger partial charge is 0.229 e. The predicted molar refractivity (Wildman–Crippen MR) is 117 cm³/mol. The van der Waals surface area contributed by atoms with E-state index in [0.717, 1.165) is 29.9 Å². The van der Waals surface area contributed by atoms with Crippen molar-refractivity contribution in [1.29, 1.82) is 0 Å². The van der Waals surface area contributed by atoms with Crippen LogP contribution in [-0.4, -0.2) is 29.2 Å². The number of carbonyl (C=O) groups excluding carboxylic acids is 1. The van der Waals surface area contributed by atoms with Crippen LogP contribution in [0.15, 0.2) is 60.7 Å². The van der Waals surface area contributed by atoms with E-state index < -0.39 is 0 Å². The summed E-state index contributed by atoms with van der Waals surface area (Å²) >= 11 is 0. The normalized spacial score (nSPS) is 13.3. The molecule has 6 heteroatoms. The van der Waals surface area contributed by atoms with E-state index in [9.17, 15) is 4.79 Å². The molecule has 1 aromatic heterocycles.